The molecule has 3 fully saturated rings. The number of ether oxygens (including phenoxy) is 1. The van der Waals surface area contributed by atoms with E-state index >= 15 is 0 Å². The van der Waals surface area contributed by atoms with Gasteiger partial charge in [0.05, 0.1) is 30.1 Å². The van der Waals surface area contributed by atoms with Crippen molar-refractivity contribution in [3.05, 3.63) is 66.2 Å². The number of carbonyl (C=O) groups excluding carboxylic acids is 3. The molecule has 3 unspecified atom stereocenters. The molecule has 3 aliphatic rings. The van der Waals surface area contributed by atoms with Crippen molar-refractivity contribution in [1.29, 1.82) is 0 Å². The van der Waals surface area contributed by atoms with Crippen molar-refractivity contribution in [2.45, 2.75) is 82.2 Å². The van der Waals surface area contributed by atoms with E-state index in [0.29, 0.717) is 24.9 Å². The van der Waals surface area contributed by atoms with Crippen molar-refractivity contribution in [1.82, 2.24) is 10.2 Å². The Labute approximate surface area is 230 Å². The normalized spacial score (nSPS) is 30.6. The van der Waals surface area contributed by atoms with Crippen molar-refractivity contribution < 1.29 is 24.2 Å². The van der Waals surface area contributed by atoms with E-state index in [1.165, 1.54) is 0 Å². The van der Waals surface area contributed by atoms with Crippen LogP contribution in [0.3, 0.4) is 0 Å². The third-order valence-corrected chi connectivity index (χ3v) is 8.82. The van der Waals surface area contributed by atoms with Crippen LogP contribution in [0.25, 0.3) is 0 Å². The molecule has 39 heavy (non-hydrogen) atoms. The maximum Gasteiger partial charge on any atom is 0.246 e. The highest BCUT2D eigenvalue weighted by atomic mass is 16.5. The van der Waals surface area contributed by atoms with Crippen LogP contribution in [-0.4, -0.2) is 63.7 Å². The summed E-state index contributed by atoms with van der Waals surface area (Å²) >= 11 is 0. The van der Waals surface area contributed by atoms with Gasteiger partial charge in [-0.15, -0.1) is 0 Å². The molecule has 5 rings (SSSR count). The standard InChI is InChI=1S/C31H39N3O5/c1-4-11-20(2)32-28(37)26-31-17-16-30(3,39-31)24(27(36)33-22-14-9-6-10-15-22)25(31)29(38)34(26)23(19-35)18-21-12-7-5-8-13-21/h5-10,12-15,20,23-26,35H,4,11,16-19H2,1-3H3,(H,32,37)(H,33,36)/t20?,23-,24+,25+,26?,30-,31?/m1/s1. The Morgan fingerprint density at radius 3 is 2.38 bits per heavy atom. The van der Waals surface area contributed by atoms with E-state index in [0.717, 1.165) is 18.4 Å². The first kappa shape index (κ1) is 27.3. The van der Waals surface area contributed by atoms with Crippen LogP contribution < -0.4 is 10.6 Å². The van der Waals surface area contributed by atoms with Crippen molar-refractivity contribution in [3.63, 3.8) is 0 Å². The zero-order valence-corrected chi connectivity index (χ0v) is 22.9. The van der Waals surface area contributed by atoms with Crippen LogP contribution in [0, 0.1) is 11.8 Å². The molecule has 3 aliphatic heterocycles. The van der Waals surface area contributed by atoms with Crippen molar-refractivity contribution in [2.75, 3.05) is 11.9 Å². The fourth-order valence-electron chi connectivity index (χ4n) is 7.16. The number of benzene rings is 2. The average molecular weight is 534 g/mol. The minimum absolute atomic E-state index is 0.0806. The summed E-state index contributed by atoms with van der Waals surface area (Å²) in [7, 11) is 0. The molecule has 1 spiro atoms. The number of anilines is 1. The van der Waals surface area contributed by atoms with Crippen molar-refractivity contribution in [2.24, 2.45) is 11.8 Å². The van der Waals surface area contributed by atoms with E-state index in [1.807, 2.05) is 62.4 Å². The quantitative estimate of drug-likeness (QED) is 0.434. The maximum atomic E-state index is 14.4. The van der Waals surface area contributed by atoms with Crippen molar-refractivity contribution >= 4 is 23.4 Å². The molecule has 8 nitrogen and oxygen atoms in total. The van der Waals surface area contributed by atoms with Gasteiger partial charge in [0.15, 0.2) is 0 Å². The molecule has 0 saturated carbocycles. The van der Waals surface area contributed by atoms with Gasteiger partial charge >= 0.3 is 0 Å². The van der Waals surface area contributed by atoms with E-state index in [-0.39, 0.29) is 30.4 Å². The average Bonchev–Trinajstić information content (AvgIpc) is 3.49. The third-order valence-electron chi connectivity index (χ3n) is 8.82. The van der Waals surface area contributed by atoms with Gasteiger partial charge < -0.3 is 25.4 Å². The summed E-state index contributed by atoms with van der Waals surface area (Å²) in [5, 5.41) is 16.6. The Morgan fingerprint density at radius 2 is 1.74 bits per heavy atom. The lowest BCUT2D eigenvalue weighted by molar-refractivity contribution is -0.149. The van der Waals surface area contributed by atoms with E-state index in [1.54, 1.807) is 17.0 Å². The Balaban J connectivity index is 1.53. The molecule has 3 saturated heterocycles. The minimum atomic E-state index is -1.13. The first-order chi connectivity index (χ1) is 18.7. The first-order valence-electron chi connectivity index (χ1n) is 14.1. The lowest BCUT2D eigenvalue weighted by atomic mass is 9.66. The minimum Gasteiger partial charge on any atom is -0.394 e. The molecule has 0 aromatic heterocycles. The molecular weight excluding hydrogens is 494 g/mol. The zero-order chi connectivity index (χ0) is 27.8. The van der Waals surface area contributed by atoms with Crippen LogP contribution >= 0.6 is 0 Å². The number of hydrogen-bond acceptors (Lipinski definition) is 5. The molecule has 2 aromatic carbocycles. The zero-order valence-electron chi connectivity index (χ0n) is 22.9. The molecule has 208 valence electrons. The highest BCUT2D eigenvalue weighted by Gasteiger charge is 2.78. The van der Waals surface area contributed by atoms with Gasteiger partial charge in [-0.2, -0.15) is 0 Å². The summed E-state index contributed by atoms with van der Waals surface area (Å²) in [4.78, 5) is 43.7. The highest BCUT2D eigenvalue weighted by molar-refractivity contribution is 6.02. The summed E-state index contributed by atoms with van der Waals surface area (Å²) in [5.74, 6) is -2.45. The number of likely N-dealkylation sites (tertiary alicyclic amines) is 1. The van der Waals surface area contributed by atoms with E-state index in [2.05, 4.69) is 17.6 Å². The third kappa shape index (κ3) is 4.74. The van der Waals surface area contributed by atoms with Gasteiger partial charge in [0, 0.05) is 11.7 Å². The van der Waals surface area contributed by atoms with Crippen LogP contribution in [0.4, 0.5) is 5.69 Å². The van der Waals surface area contributed by atoms with Gasteiger partial charge in [0.2, 0.25) is 17.7 Å². The molecule has 7 atom stereocenters. The Morgan fingerprint density at radius 1 is 1.08 bits per heavy atom. The molecule has 0 radical (unpaired) electrons. The topological polar surface area (TPSA) is 108 Å². The van der Waals surface area contributed by atoms with Crippen LogP contribution in [0.2, 0.25) is 0 Å². The predicted octanol–water partition coefficient (Wildman–Crippen LogP) is 3.30. The second kappa shape index (κ2) is 10.7. The Hall–Kier alpha value is -3.23. The lowest BCUT2D eigenvalue weighted by Crippen LogP contribution is -2.59. The number of rotatable bonds is 10. The Kier molecular flexibility index (Phi) is 7.53. The van der Waals surface area contributed by atoms with Crippen LogP contribution in [-0.2, 0) is 25.5 Å². The molecule has 3 N–H and O–H groups in total. The number of amides is 3. The summed E-state index contributed by atoms with van der Waals surface area (Å²) < 4.78 is 6.70. The smallest absolute Gasteiger partial charge is 0.246 e. The SMILES string of the molecule is CCCC(C)NC(=O)C1N([C@@H](CO)Cc2ccccc2)C(=O)[C@@H]2[C@@H](C(=O)Nc3ccccc3)[C@@]3(C)CCC12O3. The maximum absolute atomic E-state index is 14.4. The number of aliphatic hydroxyl groups excluding tert-OH is 1. The van der Waals surface area contributed by atoms with Gasteiger partial charge in [0.1, 0.15) is 11.6 Å². The van der Waals surface area contributed by atoms with Gasteiger partial charge in [0.25, 0.3) is 0 Å². The van der Waals surface area contributed by atoms with E-state index in [9.17, 15) is 19.5 Å². The van der Waals surface area contributed by atoms with Crippen molar-refractivity contribution in [3.8, 4) is 0 Å². The fraction of sp³-hybridized carbons (Fsp3) is 0.516. The van der Waals surface area contributed by atoms with Gasteiger partial charge in [-0.05, 0) is 57.2 Å². The van der Waals surface area contributed by atoms with E-state index < -0.39 is 35.1 Å². The molecule has 3 amide bonds. The van der Waals surface area contributed by atoms with Crippen LogP contribution in [0.15, 0.2) is 60.7 Å². The summed E-state index contributed by atoms with van der Waals surface area (Å²) in [6.07, 6.45) is 3.16. The van der Waals surface area contributed by atoms with Gasteiger partial charge in [-0.25, -0.2) is 0 Å². The number of hydrogen-bond donors (Lipinski definition) is 3. The van der Waals surface area contributed by atoms with E-state index in [4.69, 9.17) is 4.74 Å². The second-order valence-corrected chi connectivity index (χ2v) is 11.6. The second-order valence-electron chi connectivity index (χ2n) is 11.6. The molecule has 3 heterocycles. The Bertz CT molecular complexity index is 1210. The molecule has 2 bridgehead atoms. The molecule has 2 aromatic rings. The number of para-hydroxylation sites is 1. The number of carbonyl (C=O) groups is 3. The van der Waals surface area contributed by atoms with Crippen LogP contribution in [0.1, 0.15) is 52.0 Å². The number of nitrogens with one attached hydrogen (secondary N) is 2. The molecule has 8 heteroatoms. The van der Waals surface area contributed by atoms with Crippen LogP contribution in [0.5, 0.6) is 0 Å². The summed E-state index contributed by atoms with van der Waals surface area (Å²) in [5.41, 5.74) is -0.407. The summed E-state index contributed by atoms with van der Waals surface area (Å²) in [6, 6.07) is 17.1. The monoisotopic (exact) mass is 533 g/mol. The highest BCUT2D eigenvalue weighted by Crippen LogP contribution is 2.63. The largest absolute Gasteiger partial charge is 0.394 e. The fourth-order valence-corrected chi connectivity index (χ4v) is 7.16. The first-order valence-corrected chi connectivity index (χ1v) is 14.1. The van der Waals surface area contributed by atoms with Gasteiger partial charge in [-0.3, -0.25) is 14.4 Å². The summed E-state index contributed by atoms with van der Waals surface area (Å²) in [6.45, 7) is 5.59. The van der Waals surface area contributed by atoms with Gasteiger partial charge in [-0.1, -0.05) is 61.9 Å². The molecule has 0 aliphatic carbocycles. The lowest BCUT2D eigenvalue weighted by Gasteiger charge is -2.37. The number of fused-ring (bicyclic) bond motifs is 1. The predicted molar refractivity (Wildman–Crippen MR) is 148 cm³/mol. The number of aliphatic hydroxyl groups is 1. The number of nitrogens with zero attached hydrogens (tertiary/aromatic N) is 1. The molecular formula is C31H39N3O5.